The van der Waals surface area contributed by atoms with Crippen LogP contribution in [0.3, 0.4) is 0 Å². The molecule has 0 aliphatic heterocycles. The lowest BCUT2D eigenvalue weighted by Gasteiger charge is -2.26. The van der Waals surface area contributed by atoms with Crippen LogP contribution in [0.25, 0.3) is 0 Å². The molecule has 0 heterocycles. The van der Waals surface area contributed by atoms with E-state index in [4.69, 9.17) is 10.2 Å². The van der Waals surface area contributed by atoms with E-state index in [-0.39, 0.29) is 12.6 Å². The fourth-order valence-corrected chi connectivity index (χ4v) is 1.73. The average molecular weight is 237 g/mol. The minimum atomic E-state index is -0.909. The molecule has 1 aromatic carbocycles. The van der Waals surface area contributed by atoms with Gasteiger partial charge in [0.1, 0.15) is 0 Å². The predicted octanol–water partition coefficient (Wildman–Crippen LogP) is 1.59. The van der Waals surface area contributed by atoms with E-state index in [1.54, 1.807) is 12.1 Å². The van der Waals surface area contributed by atoms with Crippen molar-refractivity contribution in [3.05, 3.63) is 35.4 Å². The maximum absolute atomic E-state index is 11.1. The van der Waals surface area contributed by atoms with Gasteiger partial charge in [0.05, 0.1) is 12.2 Å². The molecule has 0 unspecified atom stereocenters. The molecule has 0 bridgehead atoms. The highest BCUT2D eigenvalue weighted by molar-refractivity contribution is 5.89. The van der Waals surface area contributed by atoms with Gasteiger partial charge >= 0.3 is 5.97 Å². The molecule has 2 N–H and O–H groups in total. The molecule has 0 aliphatic rings. The molecule has 0 saturated carbocycles. The summed E-state index contributed by atoms with van der Waals surface area (Å²) in [6, 6.07) is 7.24. The van der Waals surface area contributed by atoms with Gasteiger partial charge in [-0.25, -0.2) is 4.79 Å². The molecule has 4 heteroatoms. The van der Waals surface area contributed by atoms with Crippen molar-refractivity contribution in [1.29, 1.82) is 0 Å². The Morgan fingerprint density at radius 2 is 2.00 bits per heavy atom. The molecule has 0 aromatic heterocycles. The molecular formula is C13H19NO3. The predicted molar refractivity (Wildman–Crippen MR) is 66.0 cm³/mol. The fourth-order valence-electron chi connectivity index (χ4n) is 1.73. The van der Waals surface area contributed by atoms with E-state index >= 15 is 0 Å². The summed E-state index contributed by atoms with van der Waals surface area (Å²) < 4.78 is 0. The number of carboxylic acid groups (broad SMARTS) is 1. The Morgan fingerprint density at radius 3 is 2.53 bits per heavy atom. The Kier molecular flexibility index (Phi) is 5.12. The molecule has 0 fully saturated rings. The number of carbonyl (C=O) groups is 1. The second-order valence-corrected chi connectivity index (χ2v) is 4.25. The molecule has 0 spiro atoms. The van der Waals surface area contributed by atoms with Crippen molar-refractivity contribution in [2.45, 2.75) is 26.4 Å². The largest absolute Gasteiger partial charge is 0.478 e. The standard InChI is InChI=1S/C13H19NO3/c1-10(2)14(7-8-15)9-11-5-3-4-6-12(11)13(16)17/h3-6,10,15H,7-9H2,1-2H3,(H,16,17). The van der Waals surface area contributed by atoms with Crippen molar-refractivity contribution in [2.24, 2.45) is 0 Å². The third-order valence-corrected chi connectivity index (χ3v) is 2.74. The summed E-state index contributed by atoms with van der Waals surface area (Å²) in [6.07, 6.45) is 0. The minimum absolute atomic E-state index is 0.0768. The van der Waals surface area contributed by atoms with Gasteiger partial charge in [0.15, 0.2) is 0 Å². The van der Waals surface area contributed by atoms with Crippen molar-refractivity contribution in [1.82, 2.24) is 4.90 Å². The van der Waals surface area contributed by atoms with Crippen LogP contribution in [0.4, 0.5) is 0 Å². The lowest BCUT2D eigenvalue weighted by molar-refractivity contribution is 0.0693. The molecule has 1 aromatic rings. The van der Waals surface area contributed by atoms with E-state index in [0.29, 0.717) is 18.7 Å². The summed E-state index contributed by atoms with van der Waals surface area (Å²) in [5, 5.41) is 18.1. The first kappa shape index (κ1) is 13.7. The van der Waals surface area contributed by atoms with Crippen LogP contribution in [0.15, 0.2) is 24.3 Å². The zero-order valence-electron chi connectivity index (χ0n) is 10.3. The number of aromatic carboxylic acids is 1. The molecule has 17 heavy (non-hydrogen) atoms. The van der Waals surface area contributed by atoms with Crippen LogP contribution in [0.2, 0.25) is 0 Å². The molecule has 4 nitrogen and oxygen atoms in total. The highest BCUT2D eigenvalue weighted by Crippen LogP contribution is 2.13. The highest BCUT2D eigenvalue weighted by atomic mass is 16.4. The zero-order valence-corrected chi connectivity index (χ0v) is 10.3. The van der Waals surface area contributed by atoms with Crippen molar-refractivity contribution >= 4 is 5.97 Å². The number of rotatable bonds is 6. The number of aliphatic hydroxyl groups is 1. The third kappa shape index (κ3) is 3.84. The van der Waals surface area contributed by atoms with Gasteiger partial charge in [0.2, 0.25) is 0 Å². The normalized spacial score (nSPS) is 11.1. The lowest BCUT2D eigenvalue weighted by Crippen LogP contribution is -2.33. The molecular weight excluding hydrogens is 218 g/mol. The van der Waals surface area contributed by atoms with E-state index in [1.807, 2.05) is 30.9 Å². The maximum atomic E-state index is 11.1. The van der Waals surface area contributed by atoms with Crippen LogP contribution in [-0.4, -0.2) is 40.3 Å². The van der Waals surface area contributed by atoms with E-state index < -0.39 is 5.97 Å². The Bertz CT molecular complexity index is 377. The lowest BCUT2D eigenvalue weighted by atomic mass is 10.1. The summed E-state index contributed by atoms with van der Waals surface area (Å²) in [5.74, 6) is -0.909. The monoisotopic (exact) mass is 237 g/mol. The molecule has 1 rings (SSSR count). The third-order valence-electron chi connectivity index (χ3n) is 2.74. The minimum Gasteiger partial charge on any atom is -0.478 e. The van der Waals surface area contributed by atoms with E-state index in [2.05, 4.69) is 0 Å². The van der Waals surface area contributed by atoms with Gasteiger partial charge in [0.25, 0.3) is 0 Å². The number of carboxylic acids is 1. The Balaban J connectivity index is 2.88. The topological polar surface area (TPSA) is 60.8 Å². The van der Waals surface area contributed by atoms with Gasteiger partial charge in [-0.1, -0.05) is 18.2 Å². The van der Waals surface area contributed by atoms with Crippen LogP contribution in [0, 0.1) is 0 Å². The number of benzene rings is 1. The van der Waals surface area contributed by atoms with Gasteiger partial charge in [-0.2, -0.15) is 0 Å². The molecule has 94 valence electrons. The number of hydrogen-bond acceptors (Lipinski definition) is 3. The first-order chi connectivity index (χ1) is 8.06. The SMILES string of the molecule is CC(C)N(CCO)Cc1ccccc1C(=O)O. The van der Waals surface area contributed by atoms with Crippen molar-refractivity contribution in [2.75, 3.05) is 13.2 Å². The fraction of sp³-hybridized carbons (Fsp3) is 0.462. The van der Waals surface area contributed by atoms with Crippen molar-refractivity contribution < 1.29 is 15.0 Å². The Hall–Kier alpha value is -1.39. The first-order valence-corrected chi connectivity index (χ1v) is 5.72. The summed E-state index contributed by atoms with van der Waals surface area (Å²) >= 11 is 0. The quantitative estimate of drug-likeness (QED) is 0.788. The van der Waals surface area contributed by atoms with Crippen LogP contribution < -0.4 is 0 Å². The van der Waals surface area contributed by atoms with Crippen molar-refractivity contribution in [3.63, 3.8) is 0 Å². The number of aliphatic hydroxyl groups excluding tert-OH is 1. The Morgan fingerprint density at radius 1 is 1.35 bits per heavy atom. The smallest absolute Gasteiger partial charge is 0.336 e. The highest BCUT2D eigenvalue weighted by Gasteiger charge is 2.14. The second-order valence-electron chi connectivity index (χ2n) is 4.25. The van der Waals surface area contributed by atoms with Crippen LogP contribution >= 0.6 is 0 Å². The number of nitrogens with zero attached hydrogens (tertiary/aromatic N) is 1. The van der Waals surface area contributed by atoms with Gasteiger partial charge in [-0.3, -0.25) is 4.90 Å². The van der Waals surface area contributed by atoms with Gasteiger partial charge in [-0.05, 0) is 25.5 Å². The second kappa shape index (κ2) is 6.37. The van der Waals surface area contributed by atoms with Crippen molar-refractivity contribution in [3.8, 4) is 0 Å². The van der Waals surface area contributed by atoms with Crippen LogP contribution in [0.1, 0.15) is 29.8 Å². The zero-order chi connectivity index (χ0) is 12.8. The summed E-state index contributed by atoms with van der Waals surface area (Å²) in [7, 11) is 0. The van der Waals surface area contributed by atoms with Crippen LogP contribution in [0.5, 0.6) is 0 Å². The van der Waals surface area contributed by atoms with Gasteiger partial charge in [0, 0.05) is 19.1 Å². The van der Waals surface area contributed by atoms with Gasteiger partial charge < -0.3 is 10.2 Å². The molecule has 0 radical (unpaired) electrons. The summed E-state index contributed by atoms with van der Waals surface area (Å²) in [6.45, 7) is 5.22. The maximum Gasteiger partial charge on any atom is 0.336 e. The Labute approximate surface area is 101 Å². The average Bonchev–Trinajstić information content (AvgIpc) is 2.28. The summed E-state index contributed by atoms with van der Waals surface area (Å²) in [4.78, 5) is 13.1. The molecule has 0 atom stereocenters. The van der Waals surface area contributed by atoms with E-state index in [0.717, 1.165) is 5.56 Å². The van der Waals surface area contributed by atoms with E-state index in [9.17, 15) is 4.79 Å². The first-order valence-electron chi connectivity index (χ1n) is 5.72. The van der Waals surface area contributed by atoms with Gasteiger partial charge in [-0.15, -0.1) is 0 Å². The molecule has 0 amide bonds. The molecule has 0 saturated heterocycles. The van der Waals surface area contributed by atoms with Crippen LogP contribution in [-0.2, 0) is 6.54 Å². The number of hydrogen-bond donors (Lipinski definition) is 2. The molecule has 0 aliphatic carbocycles. The summed E-state index contributed by atoms with van der Waals surface area (Å²) in [5.41, 5.74) is 1.11. The van der Waals surface area contributed by atoms with E-state index in [1.165, 1.54) is 0 Å².